The van der Waals surface area contributed by atoms with Crippen molar-refractivity contribution in [1.29, 1.82) is 0 Å². The molecule has 2 N–H and O–H groups in total. The molecule has 1 aromatic heterocycles. The van der Waals surface area contributed by atoms with E-state index in [0.717, 1.165) is 40.9 Å². The van der Waals surface area contributed by atoms with Gasteiger partial charge in [-0.15, -0.1) is 0 Å². The van der Waals surface area contributed by atoms with Crippen molar-refractivity contribution in [3.05, 3.63) is 180 Å². The highest BCUT2D eigenvalue weighted by Crippen LogP contribution is 2.36. The van der Waals surface area contributed by atoms with Crippen LogP contribution in [-0.4, -0.2) is 11.7 Å². The Bertz CT molecular complexity index is 2250. The van der Waals surface area contributed by atoms with E-state index >= 15 is 0 Å². The highest BCUT2D eigenvalue weighted by Gasteiger charge is 2.16. The Morgan fingerprint density at radius 1 is 0.771 bits per heavy atom. The van der Waals surface area contributed by atoms with Gasteiger partial charge in [-0.2, -0.15) is 0 Å². The third kappa shape index (κ3) is 6.03. The Hall–Kier alpha value is -5.80. The van der Waals surface area contributed by atoms with Crippen LogP contribution in [0.5, 0.6) is 5.75 Å². The van der Waals surface area contributed by atoms with Gasteiger partial charge in [-0.05, 0) is 71.4 Å². The molecule has 0 radical (unpaired) electrons. The molecule has 0 bridgehead atoms. The molecule has 6 aromatic rings. The number of fused-ring (bicyclic) bond motifs is 3. The van der Waals surface area contributed by atoms with Gasteiger partial charge >= 0.3 is 0 Å². The minimum absolute atomic E-state index is 0.670. The van der Waals surface area contributed by atoms with Crippen molar-refractivity contribution in [3.8, 4) is 16.9 Å². The molecule has 1 aliphatic rings. The number of allylic oxidation sites excluding steroid dienone is 9. The van der Waals surface area contributed by atoms with Gasteiger partial charge in [0, 0.05) is 33.3 Å². The summed E-state index contributed by atoms with van der Waals surface area (Å²) in [4.78, 5) is 0. The molecule has 3 nitrogen and oxygen atoms in total. The van der Waals surface area contributed by atoms with E-state index in [4.69, 9.17) is 10.5 Å². The maximum Gasteiger partial charge on any atom is 0.123 e. The second kappa shape index (κ2) is 13.9. The summed E-state index contributed by atoms with van der Waals surface area (Å²) in [5.74, 6) is 0.832. The van der Waals surface area contributed by atoms with Crippen LogP contribution in [0.25, 0.3) is 49.9 Å². The molecule has 5 aromatic carbocycles. The monoisotopic (exact) mass is 624 g/mol. The normalized spacial score (nSPS) is 14.5. The number of nitrogens with two attached hydrogens (primary N) is 1. The molecule has 0 spiro atoms. The first kappa shape index (κ1) is 30.8. The van der Waals surface area contributed by atoms with Crippen molar-refractivity contribution in [2.45, 2.75) is 26.2 Å². The fraction of sp³-hybridized carbons (Fsp3) is 0.111. The van der Waals surface area contributed by atoms with Gasteiger partial charge in [-0.3, -0.25) is 0 Å². The lowest BCUT2D eigenvalue weighted by molar-refractivity contribution is 0.410. The Kier molecular flexibility index (Phi) is 8.93. The lowest BCUT2D eigenvalue weighted by Crippen LogP contribution is -2.05. The molecular formula is C45H40N2O. The van der Waals surface area contributed by atoms with Crippen LogP contribution in [0.4, 0.5) is 0 Å². The minimum atomic E-state index is 0.670. The predicted molar refractivity (Wildman–Crippen MR) is 205 cm³/mol. The molecule has 0 unspecified atom stereocenters. The van der Waals surface area contributed by atoms with Gasteiger partial charge in [0.2, 0.25) is 0 Å². The van der Waals surface area contributed by atoms with Crippen LogP contribution < -0.4 is 10.5 Å². The standard InChI is InChI=1S/C45H40N2O/c1-3-36(47-43-24-14-13-22-38(43)39-28-26-35(30-44(39)47)32-16-7-4-8-17-32)27-29-40-37(23-15-25-45(40)48-2)42(46)31-41(33-18-9-5-10-19-33)34-20-11-6-12-21-34/h4-20,22-28,30-31H,3,21,29,46H2,1-2H3/b36-27+,41-34+,42-31-. The number of hydrogen-bond acceptors (Lipinski definition) is 2. The molecule has 0 amide bonds. The van der Waals surface area contributed by atoms with Crippen molar-refractivity contribution in [1.82, 2.24) is 4.57 Å². The Morgan fingerprint density at radius 3 is 2.27 bits per heavy atom. The fourth-order valence-corrected chi connectivity index (χ4v) is 6.87. The van der Waals surface area contributed by atoms with Crippen molar-refractivity contribution in [2.24, 2.45) is 5.73 Å². The molecule has 0 fully saturated rings. The van der Waals surface area contributed by atoms with E-state index < -0.39 is 0 Å². The average molecular weight is 625 g/mol. The first-order valence-corrected chi connectivity index (χ1v) is 16.7. The summed E-state index contributed by atoms with van der Waals surface area (Å²) in [5, 5.41) is 2.51. The largest absolute Gasteiger partial charge is 0.496 e. The van der Waals surface area contributed by atoms with E-state index in [1.54, 1.807) is 7.11 Å². The molecule has 0 aliphatic heterocycles. The number of hydrogen-bond donors (Lipinski definition) is 1. The maximum absolute atomic E-state index is 7.02. The van der Waals surface area contributed by atoms with Crippen molar-refractivity contribution < 1.29 is 4.74 Å². The number of aromatic nitrogens is 1. The molecular weight excluding hydrogens is 585 g/mol. The lowest BCUT2D eigenvalue weighted by Gasteiger charge is -2.17. The van der Waals surface area contributed by atoms with Crippen LogP contribution in [0.15, 0.2) is 163 Å². The maximum atomic E-state index is 7.02. The third-order valence-corrected chi connectivity index (χ3v) is 9.25. The third-order valence-electron chi connectivity index (χ3n) is 9.25. The van der Waals surface area contributed by atoms with Crippen molar-refractivity contribution in [3.63, 3.8) is 0 Å². The van der Waals surface area contributed by atoms with E-state index in [1.807, 2.05) is 18.2 Å². The zero-order valence-corrected chi connectivity index (χ0v) is 27.6. The highest BCUT2D eigenvalue weighted by molar-refractivity contribution is 6.11. The zero-order valence-electron chi connectivity index (χ0n) is 27.6. The van der Waals surface area contributed by atoms with Gasteiger partial charge in [0.15, 0.2) is 0 Å². The summed E-state index contributed by atoms with van der Waals surface area (Å²) in [6.07, 6.45) is 15.4. The van der Waals surface area contributed by atoms with Crippen molar-refractivity contribution in [2.75, 3.05) is 7.11 Å². The number of nitrogens with zero attached hydrogens (tertiary/aromatic N) is 1. The predicted octanol–water partition coefficient (Wildman–Crippen LogP) is 11.2. The van der Waals surface area contributed by atoms with Gasteiger partial charge in [-0.1, -0.05) is 140 Å². The van der Waals surface area contributed by atoms with Crippen LogP contribution in [0.1, 0.15) is 36.5 Å². The van der Waals surface area contributed by atoms with E-state index in [9.17, 15) is 0 Å². The van der Waals surface area contributed by atoms with Gasteiger partial charge in [0.1, 0.15) is 5.75 Å². The average Bonchev–Trinajstić information content (AvgIpc) is 3.48. The summed E-state index contributed by atoms with van der Waals surface area (Å²) in [7, 11) is 1.74. The van der Waals surface area contributed by atoms with Crippen LogP contribution in [0.2, 0.25) is 0 Å². The highest BCUT2D eigenvalue weighted by atomic mass is 16.5. The molecule has 7 rings (SSSR count). The van der Waals surface area contributed by atoms with Gasteiger partial charge in [0.05, 0.1) is 18.1 Å². The van der Waals surface area contributed by atoms with Gasteiger partial charge in [0.25, 0.3) is 0 Å². The van der Waals surface area contributed by atoms with Crippen molar-refractivity contribution >= 4 is 38.8 Å². The molecule has 0 atom stereocenters. The second-order valence-electron chi connectivity index (χ2n) is 12.1. The number of rotatable bonds is 9. The summed E-state index contributed by atoms with van der Waals surface area (Å²) in [5.41, 5.74) is 19.4. The topological polar surface area (TPSA) is 40.2 Å². The smallest absolute Gasteiger partial charge is 0.123 e. The van der Waals surface area contributed by atoms with Crippen LogP contribution in [0.3, 0.4) is 0 Å². The summed E-state index contributed by atoms with van der Waals surface area (Å²) in [6, 6.07) is 42.8. The second-order valence-corrected chi connectivity index (χ2v) is 12.1. The van der Waals surface area contributed by atoms with Gasteiger partial charge in [-0.25, -0.2) is 0 Å². The first-order chi connectivity index (χ1) is 23.7. The molecule has 48 heavy (non-hydrogen) atoms. The number of methoxy groups -OCH3 is 1. The van der Waals surface area contributed by atoms with E-state index in [1.165, 1.54) is 44.2 Å². The minimum Gasteiger partial charge on any atom is -0.496 e. The molecule has 1 aliphatic carbocycles. The lowest BCUT2D eigenvalue weighted by atomic mass is 9.92. The molecule has 0 saturated heterocycles. The Labute approximate surface area is 283 Å². The Morgan fingerprint density at radius 2 is 1.52 bits per heavy atom. The summed E-state index contributed by atoms with van der Waals surface area (Å²) >= 11 is 0. The first-order valence-electron chi connectivity index (χ1n) is 16.7. The summed E-state index contributed by atoms with van der Waals surface area (Å²) in [6.45, 7) is 2.23. The zero-order chi connectivity index (χ0) is 32.9. The van der Waals surface area contributed by atoms with E-state index in [-0.39, 0.29) is 0 Å². The van der Waals surface area contributed by atoms with Crippen LogP contribution in [-0.2, 0) is 6.42 Å². The Balaban J connectivity index is 1.34. The molecule has 3 heteroatoms. The number of benzene rings is 5. The molecule has 236 valence electrons. The van der Waals surface area contributed by atoms with E-state index in [2.05, 4.69) is 151 Å². The quantitative estimate of drug-likeness (QED) is 0.174. The number of ether oxygens (including phenoxy) is 1. The van der Waals surface area contributed by atoms with E-state index in [0.29, 0.717) is 12.1 Å². The van der Waals surface area contributed by atoms with Gasteiger partial charge < -0.3 is 15.0 Å². The van der Waals surface area contributed by atoms with Crippen LogP contribution >= 0.6 is 0 Å². The fourth-order valence-electron chi connectivity index (χ4n) is 6.87. The molecule has 1 heterocycles. The SMILES string of the molecule is CC/C(=C\Cc1c(OC)cccc1/C(N)=C/C(=C1/C=CC=CC1)c1ccccc1)n1c2ccccc2c2ccc(-c3ccccc3)cc21. The van der Waals surface area contributed by atoms with Crippen LogP contribution in [0, 0.1) is 0 Å². The number of para-hydroxylation sites is 1. The summed E-state index contributed by atoms with van der Waals surface area (Å²) < 4.78 is 8.39. The molecule has 0 saturated carbocycles.